The summed E-state index contributed by atoms with van der Waals surface area (Å²) in [4.78, 5) is 0. The highest BCUT2D eigenvalue weighted by atomic mass is 14.4. The number of hydrogen-bond acceptors (Lipinski definition) is 0. The molecule has 12 heavy (non-hydrogen) atoms. The maximum absolute atomic E-state index is 2.53. The van der Waals surface area contributed by atoms with Gasteiger partial charge in [-0.2, -0.15) is 0 Å². The Bertz CT molecular complexity index is 198. The van der Waals surface area contributed by atoms with Gasteiger partial charge >= 0.3 is 0 Å². The first-order chi connectivity index (χ1) is 5.70. The van der Waals surface area contributed by atoms with Crippen LogP contribution < -0.4 is 0 Å². The first-order valence-corrected chi connectivity index (χ1v) is 5.39. The van der Waals surface area contributed by atoms with Crippen LogP contribution in [0.25, 0.3) is 0 Å². The van der Waals surface area contributed by atoms with Crippen LogP contribution in [-0.2, 0) is 0 Å². The number of fused-ring (bicyclic) bond motifs is 1. The average molecular weight is 164 g/mol. The van der Waals surface area contributed by atoms with E-state index >= 15 is 0 Å². The molecule has 1 saturated carbocycles. The number of rotatable bonds is 0. The van der Waals surface area contributed by atoms with E-state index in [0.717, 1.165) is 5.92 Å². The van der Waals surface area contributed by atoms with Gasteiger partial charge in [0.2, 0.25) is 0 Å². The largest absolute Gasteiger partial charge is 0.0850 e. The van der Waals surface area contributed by atoms with Gasteiger partial charge in [-0.15, -0.1) is 0 Å². The molecule has 2 rings (SSSR count). The first kappa shape index (κ1) is 8.34. The normalized spacial score (nSPS) is 33.8. The van der Waals surface area contributed by atoms with E-state index in [1.807, 2.05) is 0 Å². The lowest BCUT2D eigenvalue weighted by atomic mass is 9.74. The molecule has 1 atom stereocenters. The van der Waals surface area contributed by atoms with Crippen molar-refractivity contribution in [3.63, 3.8) is 0 Å². The molecule has 0 aromatic heterocycles. The van der Waals surface area contributed by atoms with Gasteiger partial charge in [0, 0.05) is 0 Å². The highest BCUT2D eigenvalue weighted by molar-refractivity contribution is 5.16. The minimum atomic E-state index is 0.596. The second-order valence-corrected chi connectivity index (χ2v) is 5.10. The zero-order chi connectivity index (χ0) is 8.60. The molecular formula is C12H20. The minimum Gasteiger partial charge on any atom is -0.0850 e. The molecule has 0 aromatic rings. The Morgan fingerprint density at radius 2 is 2.17 bits per heavy atom. The van der Waals surface area contributed by atoms with Crippen LogP contribution in [0.15, 0.2) is 11.6 Å². The molecule has 2 aliphatic rings. The van der Waals surface area contributed by atoms with E-state index in [9.17, 15) is 0 Å². The highest BCUT2D eigenvalue weighted by Gasteiger charge is 2.35. The van der Waals surface area contributed by atoms with Crippen molar-refractivity contribution in [2.24, 2.45) is 11.3 Å². The number of allylic oxidation sites excluding steroid dienone is 2. The lowest BCUT2D eigenvalue weighted by Gasteiger charge is -2.31. The Labute approximate surface area is 76.1 Å². The standard InChI is InChI=1S/C12H20/c1-12(2)9-4-3-6-10-7-5-8-11(10)12/h6,11H,3-5,7-9H2,1-2H3. The van der Waals surface area contributed by atoms with Crippen molar-refractivity contribution in [3.8, 4) is 0 Å². The van der Waals surface area contributed by atoms with Gasteiger partial charge in [-0.1, -0.05) is 25.5 Å². The van der Waals surface area contributed by atoms with Gasteiger partial charge in [0.15, 0.2) is 0 Å². The van der Waals surface area contributed by atoms with Gasteiger partial charge in [0.05, 0.1) is 0 Å². The molecule has 0 spiro atoms. The van der Waals surface area contributed by atoms with Crippen molar-refractivity contribution in [2.75, 3.05) is 0 Å². The molecule has 0 saturated heterocycles. The van der Waals surface area contributed by atoms with E-state index in [1.165, 1.54) is 38.5 Å². The van der Waals surface area contributed by atoms with Gasteiger partial charge in [-0.3, -0.25) is 0 Å². The van der Waals surface area contributed by atoms with Crippen molar-refractivity contribution in [1.29, 1.82) is 0 Å². The molecule has 2 aliphatic carbocycles. The van der Waals surface area contributed by atoms with E-state index in [1.54, 1.807) is 5.57 Å². The van der Waals surface area contributed by atoms with Gasteiger partial charge in [-0.25, -0.2) is 0 Å². The van der Waals surface area contributed by atoms with Crippen LogP contribution >= 0.6 is 0 Å². The van der Waals surface area contributed by atoms with Crippen LogP contribution in [0.3, 0.4) is 0 Å². The molecule has 0 radical (unpaired) electrons. The molecule has 68 valence electrons. The van der Waals surface area contributed by atoms with Crippen LogP contribution in [-0.4, -0.2) is 0 Å². The maximum atomic E-state index is 2.53. The molecule has 0 heterocycles. The Morgan fingerprint density at radius 1 is 1.33 bits per heavy atom. The monoisotopic (exact) mass is 164 g/mol. The Balaban J connectivity index is 2.25. The fourth-order valence-corrected chi connectivity index (χ4v) is 3.03. The molecule has 0 bridgehead atoms. The predicted octanol–water partition coefficient (Wildman–Crippen LogP) is 3.92. The van der Waals surface area contributed by atoms with Crippen molar-refractivity contribution < 1.29 is 0 Å². The van der Waals surface area contributed by atoms with E-state index in [4.69, 9.17) is 0 Å². The second kappa shape index (κ2) is 2.90. The Morgan fingerprint density at radius 3 is 3.00 bits per heavy atom. The summed E-state index contributed by atoms with van der Waals surface area (Å²) in [6, 6.07) is 0. The third kappa shape index (κ3) is 1.32. The fraction of sp³-hybridized carbons (Fsp3) is 0.833. The summed E-state index contributed by atoms with van der Waals surface area (Å²) in [5.41, 5.74) is 2.39. The van der Waals surface area contributed by atoms with Crippen LogP contribution in [0.5, 0.6) is 0 Å². The predicted molar refractivity (Wildman–Crippen MR) is 53.1 cm³/mol. The van der Waals surface area contributed by atoms with E-state index in [0.29, 0.717) is 5.41 Å². The summed E-state index contributed by atoms with van der Waals surface area (Å²) in [6.07, 6.45) is 11.0. The minimum absolute atomic E-state index is 0.596. The molecule has 1 fully saturated rings. The second-order valence-electron chi connectivity index (χ2n) is 5.10. The van der Waals surface area contributed by atoms with Gasteiger partial charge in [0.1, 0.15) is 0 Å². The lowest BCUT2D eigenvalue weighted by molar-refractivity contribution is 0.233. The van der Waals surface area contributed by atoms with Gasteiger partial charge < -0.3 is 0 Å². The van der Waals surface area contributed by atoms with Crippen molar-refractivity contribution in [1.82, 2.24) is 0 Å². The van der Waals surface area contributed by atoms with Crippen molar-refractivity contribution >= 4 is 0 Å². The summed E-state index contributed by atoms with van der Waals surface area (Å²) >= 11 is 0. The van der Waals surface area contributed by atoms with Crippen LogP contribution in [0, 0.1) is 11.3 Å². The molecule has 0 aromatic carbocycles. The topological polar surface area (TPSA) is 0 Å². The molecule has 0 nitrogen and oxygen atoms in total. The smallest absolute Gasteiger partial charge is 0.0152 e. The summed E-state index contributed by atoms with van der Waals surface area (Å²) in [6.45, 7) is 4.92. The lowest BCUT2D eigenvalue weighted by Crippen LogP contribution is -2.21. The Hall–Kier alpha value is -0.260. The zero-order valence-electron chi connectivity index (χ0n) is 8.40. The van der Waals surface area contributed by atoms with Gasteiger partial charge in [-0.05, 0) is 49.9 Å². The first-order valence-electron chi connectivity index (χ1n) is 5.39. The van der Waals surface area contributed by atoms with Crippen LogP contribution in [0.1, 0.15) is 52.4 Å². The molecule has 0 heteroatoms. The Kier molecular flexibility index (Phi) is 2.02. The van der Waals surface area contributed by atoms with Crippen LogP contribution in [0.4, 0.5) is 0 Å². The summed E-state index contributed by atoms with van der Waals surface area (Å²) in [5.74, 6) is 0.931. The fourth-order valence-electron chi connectivity index (χ4n) is 3.03. The van der Waals surface area contributed by atoms with E-state index < -0.39 is 0 Å². The molecule has 1 unspecified atom stereocenters. The molecule has 0 aliphatic heterocycles. The van der Waals surface area contributed by atoms with E-state index in [-0.39, 0.29) is 0 Å². The summed E-state index contributed by atoms with van der Waals surface area (Å²) < 4.78 is 0. The third-order valence-electron chi connectivity index (χ3n) is 3.78. The molecule has 0 N–H and O–H groups in total. The molecular weight excluding hydrogens is 144 g/mol. The SMILES string of the molecule is CC1(C)CCCC=C2CCCC21. The third-order valence-corrected chi connectivity index (χ3v) is 3.78. The maximum Gasteiger partial charge on any atom is -0.0152 e. The van der Waals surface area contributed by atoms with Gasteiger partial charge in [0.25, 0.3) is 0 Å². The summed E-state index contributed by atoms with van der Waals surface area (Å²) in [7, 11) is 0. The number of hydrogen-bond donors (Lipinski definition) is 0. The van der Waals surface area contributed by atoms with E-state index in [2.05, 4.69) is 19.9 Å². The highest BCUT2D eigenvalue weighted by Crippen LogP contribution is 2.47. The van der Waals surface area contributed by atoms with Crippen LogP contribution in [0.2, 0.25) is 0 Å². The van der Waals surface area contributed by atoms with Crippen molar-refractivity contribution in [2.45, 2.75) is 52.4 Å². The zero-order valence-corrected chi connectivity index (χ0v) is 8.40. The quantitative estimate of drug-likeness (QED) is 0.476. The summed E-state index contributed by atoms with van der Waals surface area (Å²) in [5, 5.41) is 0. The molecule has 0 amide bonds. The van der Waals surface area contributed by atoms with Crippen molar-refractivity contribution in [3.05, 3.63) is 11.6 Å². The average Bonchev–Trinajstić information content (AvgIpc) is 2.42.